The molecule has 2 rings (SSSR count). The van der Waals surface area contributed by atoms with Gasteiger partial charge in [-0.25, -0.2) is 0 Å². The zero-order valence-electron chi connectivity index (χ0n) is 10.2. The van der Waals surface area contributed by atoms with E-state index in [1.165, 1.54) is 19.3 Å². The molecule has 1 nitrogen and oxygen atoms in total. The Balaban J connectivity index is 2.18. The molecule has 0 aromatic carbocycles. The third-order valence-corrected chi connectivity index (χ3v) is 4.46. The van der Waals surface area contributed by atoms with Gasteiger partial charge in [-0.1, -0.05) is 25.5 Å². The van der Waals surface area contributed by atoms with E-state index in [1.54, 1.807) is 12.5 Å². The Labute approximate surface area is 92.9 Å². The zero-order valence-corrected chi connectivity index (χ0v) is 10.2. The maximum Gasteiger partial charge on any atom is 0.132 e. The largest absolute Gasteiger partial charge is 0.300 e. The molecule has 0 aromatic rings. The Morgan fingerprint density at radius 1 is 1.47 bits per heavy atom. The standard InChI is InChI=1S/C14H22O/c1-10(15)12-7-6-11-5-4-8-14(2,3)13(11)9-12/h5,12-13H,4,6-9H2,1-3H3. The van der Waals surface area contributed by atoms with Crippen LogP contribution in [0, 0.1) is 17.3 Å². The van der Waals surface area contributed by atoms with Crippen LogP contribution in [0.2, 0.25) is 0 Å². The predicted octanol–water partition coefficient (Wildman–Crippen LogP) is 3.74. The van der Waals surface area contributed by atoms with Crippen molar-refractivity contribution in [3.63, 3.8) is 0 Å². The quantitative estimate of drug-likeness (QED) is 0.597. The maximum atomic E-state index is 11.5. The Bertz CT molecular complexity index is 298. The number of Topliss-reactive ketones (excluding diaryl/α,β-unsaturated/α-hetero) is 1. The van der Waals surface area contributed by atoms with Crippen LogP contribution in [0.1, 0.15) is 52.9 Å². The summed E-state index contributed by atoms with van der Waals surface area (Å²) in [6.07, 6.45) is 8.32. The summed E-state index contributed by atoms with van der Waals surface area (Å²) in [6.45, 7) is 6.50. The maximum absolute atomic E-state index is 11.5. The number of allylic oxidation sites excluding steroid dienone is 2. The lowest BCUT2D eigenvalue weighted by atomic mass is 9.61. The van der Waals surface area contributed by atoms with E-state index < -0.39 is 0 Å². The van der Waals surface area contributed by atoms with E-state index in [9.17, 15) is 4.79 Å². The van der Waals surface area contributed by atoms with Crippen LogP contribution in [0.15, 0.2) is 11.6 Å². The van der Waals surface area contributed by atoms with Crippen LogP contribution in [-0.4, -0.2) is 5.78 Å². The summed E-state index contributed by atoms with van der Waals surface area (Å²) >= 11 is 0. The van der Waals surface area contributed by atoms with Crippen LogP contribution in [0.4, 0.5) is 0 Å². The lowest BCUT2D eigenvalue weighted by Crippen LogP contribution is -2.35. The molecule has 0 amide bonds. The molecule has 0 bridgehead atoms. The van der Waals surface area contributed by atoms with Crippen molar-refractivity contribution in [3.8, 4) is 0 Å². The second-order valence-corrected chi connectivity index (χ2v) is 5.94. The van der Waals surface area contributed by atoms with Crippen LogP contribution >= 0.6 is 0 Å². The smallest absolute Gasteiger partial charge is 0.132 e. The van der Waals surface area contributed by atoms with Crippen LogP contribution in [0.3, 0.4) is 0 Å². The minimum absolute atomic E-state index is 0.338. The fraction of sp³-hybridized carbons (Fsp3) is 0.786. The average Bonchev–Trinajstić information content (AvgIpc) is 2.17. The van der Waals surface area contributed by atoms with Crippen LogP contribution < -0.4 is 0 Å². The molecule has 0 radical (unpaired) electrons. The fourth-order valence-corrected chi connectivity index (χ4v) is 3.31. The number of fused-ring (bicyclic) bond motifs is 1. The highest BCUT2D eigenvalue weighted by Gasteiger charge is 2.39. The average molecular weight is 206 g/mol. The number of hydrogen-bond acceptors (Lipinski definition) is 1. The molecular formula is C14H22O. The topological polar surface area (TPSA) is 17.1 Å². The summed E-state index contributed by atoms with van der Waals surface area (Å²) in [5.74, 6) is 1.41. The molecule has 0 spiro atoms. The van der Waals surface area contributed by atoms with Crippen molar-refractivity contribution in [1.82, 2.24) is 0 Å². The Morgan fingerprint density at radius 2 is 2.20 bits per heavy atom. The van der Waals surface area contributed by atoms with E-state index in [0.717, 1.165) is 12.8 Å². The molecule has 2 unspecified atom stereocenters. The number of hydrogen-bond donors (Lipinski definition) is 0. The van der Waals surface area contributed by atoms with Gasteiger partial charge in [0.25, 0.3) is 0 Å². The molecule has 2 aliphatic carbocycles. The third kappa shape index (κ3) is 2.02. The zero-order chi connectivity index (χ0) is 11.1. The van der Waals surface area contributed by atoms with E-state index in [2.05, 4.69) is 19.9 Å². The van der Waals surface area contributed by atoms with Crippen molar-refractivity contribution in [3.05, 3.63) is 11.6 Å². The molecule has 1 fully saturated rings. The predicted molar refractivity (Wildman–Crippen MR) is 62.6 cm³/mol. The Hall–Kier alpha value is -0.590. The molecule has 0 aromatic heterocycles. The summed E-state index contributed by atoms with van der Waals surface area (Å²) in [5.41, 5.74) is 2.06. The third-order valence-electron chi connectivity index (χ3n) is 4.46. The molecule has 1 heteroatoms. The van der Waals surface area contributed by atoms with Gasteiger partial charge in [-0.15, -0.1) is 0 Å². The molecule has 0 N–H and O–H groups in total. The monoisotopic (exact) mass is 206 g/mol. The summed E-state index contributed by atoms with van der Waals surface area (Å²) < 4.78 is 0. The molecular weight excluding hydrogens is 184 g/mol. The van der Waals surface area contributed by atoms with Gasteiger partial charge in [0, 0.05) is 5.92 Å². The molecule has 0 saturated heterocycles. The van der Waals surface area contributed by atoms with Gasteiger partial charge in [0.05, 0.1) is 0 Å². The van der Waals surface area contributed by atoms with Gasteiger partial charge in [-0.3, -0.25) is 4.79 Å². The minimum atomic E-state index is 0.338. The van der Waals surface area contributed by atoms with Gasteiger partial charge < -0.3 is 0 Å². The lowest BCUT2D eigenvalue weighted by molar-refractivity contribution is -0.122. The lowest BCUT2D eigenvalue weighted by Gasteiger charge is -2.44. The first-order valence-corrected chi connectivity index (χ1v) is 6.20. The first-order valence-electron chi connectivity index (χ1n) is 6.20. The van der Waals surface area contributed by atoms with Crippen LogP contribution in [-0.2, 0) is 4.79 Å². The SMILES string of the molecule is CC(=O)C1CCC2=CCCC(C)(C)C2C1. The number of carbonyl (C=O) groups excluding carboxylic acids is 1. The summed E-state index contributed by atoms with van der Waals surface area (Å²) in [6, 6.07) is 0. The van der Waals surface area contributed by atoms with Gasteiger partial charge in [-0.2, -0.15) is 0 Å². The Morgan fingerprint density at radius 3 is 2.87 bits per heavy atom. The van der Waals surface area contributed by atoms with Gasteiger partial charge in [0.2, 0.25) is 0 Å². The van der Waals surface area contributed by atoms with E-state index in [-0.39, 0.29) is 0 Å². The fourth-order valence-electron chi connectivity index (χ4n) is 3.31. The first-order chi connectivity index (χ1) is 7.00. The van der Waals surface area contributed by atoms with Crippen LogP contribution in [0.25, 0.3) is 0 Å². The second-order valence-electron chi connectivity index (χ2n) is 5.94. The first kappa shape index (κ1) is 10.9. The molecule has 2 aliphatic rings. The minimum Gasteiger partial charge on any atom is -0.300 e. The molecule has 0 heterocycles. The second kappa shape index (κ2) is 3.77. The molecule has 1 saturated carbocycles. The number of ketones is 1. The van der Waals surface area contributed by atoms with Crippen molar-refractivity contribution in [1.29, 1.82) is 0 Å². The van der Waals surface area contributed by atoms with Gasteiger partial charge in [-0.05, 0) is 50.4 Å². The van der Waals surface area contributed by atoms with Crippen molar-refractivity contribution >= 4 is 5.78 Å². The summed E-state index contributed by atoms with van der Waals surface area (Å²) in [4.78, 5) is 11.5. The normalized spacial score (nSPS) is 34.2. The van der Waals surface area contributed by atoms with E-state index in [1.807, 2.05) is 0 Å². The highest BCUT2D eigenvalue weighted by molar-refractivity contribution is 5.78. The highest BCUT2D eigenvalue weighted by Crippen LogP contribution is 2.49. The molecule has 2 atom stereocenters. The number of rotatable bonds is 1. The van der Waals surface area contributed by atoms with E-state index in [4.69, 9.17) is 0 Å². The van der Waals surface area contributed by atoms with Gasteiger partial charge in [0.15, 0.2) is 0 Å². The van der Waals surface area contributed by atoms with Crippen LogP contribution in [0.5, 0.6) is 0 Å². The Kier molecular flexibility index (Phi) is 2.74. The van der Waals surface area contributed by atoms with Gasteiger partial charge >= 0.3 is 0 Å². The van der Waals surface area contributed by atoms with Crippen molar-refractivity contribution in [2.75, 3.05) is 0 Å². The molecule has 15 heavy (non-hydrogen) atoms. The van der Waals surface area contributed by atoms with Gasteiger partial charge in [0.1, 0.15) is 5.78 Å². The summed E-state index contributed by atoms with van der Waals surface area (Å²) in [7, 11) is 0. The van der Waals surface area contributed by atoms with Crippen molar-refractivity contribution in [2.45, 2.75) is 52.9 Å². The molecule has 84 valence electrons. The van der Waals surface area contributed by atoms with E-state index >= 15 is 0 Å². The van der Waals surface area contributed by atoms with Crippen molar-refractivity contribution < 1.29 is 4.79 Å². The number of carbonyl (C=O) groups is 1. The van der Waals surface area contributed by atoms with E-state index in [0.29, 0.717) is 23.0 Å². The highest BCUT2D eigenvalue weighted by atomic mass is 16.1. The summed E-state index contributed by atoms with van der Waals surface area (Å²) in [5, 5.41) is 0. The van der Waals surface area contributed by atoms with Crippen molar-refractivity contribution in [2.24, 2.45) is 17.3 Å². The molecule has 0 aliphatic heterocycles.